The van der Waals surface area contributed by atoms with Crippen LogP contribution in [0.25, 0.3) is 0 Å². The van der Waals surface area contributed by atoms with Crippen LogP contribution >= 0.6 is 23.4 Å². The van der Waals surface area contributed by atoms with E-state index in [-0.39, 0.29) is 0 Å². The first-order valence-corrected chi connectivity index (χ1v) is 6.28. The molecule has 0 bridgehead atoms. The SMILES string of the molecule is CCCCCSc1ccc(N)cc1Cl. The van der Waals surface area contributed by atoms with Crippen molar-refractivity contribution in [1.29, 1.82) is 0 Å². The molecule has 0 heterocycles. The second kappa shape index (κ2) is 6.20. The lowest BCUT2D eigenvalue weighted by Gasteiger charge is -2.04. The van der Waals surface area contributed by atoms with Crippen LogP contribution in [-0.2, 0) is 0 Å². The van der Waals surface area contributed by atoms with Gasteiger partial charge in [0.05, 0.1) is 5.02 Å². The maximum atomic E-state index is 6.04. The summed E-state index contributed by atoms with van der Waals surface area (Å²) in [5.41, 5.74) is 6.34. The van der Waals surface area contributed by atoms with Crippen LogP contribution in [0.15, 0.2) is 23.1 Å². The van der Waals surface area contributed by atoms with Gasteiger partial charge in [-0.3, -0.25) is 0 Å². The molecular weight excluding hydrogens is 214 g/mol. The van der Waals surface area contributed by atoms with Crippen molar-refractivity contribution in [3.8, 4) is 0 Å². The lowest BCUT2D eigenvalue weighted by molar-refractivity contribution is 0.778. The standard InChI is InChI=1S/C11H16ClNS/c1-2-3-4-7-14-11-6-5-9(13)8-10(11)12/h5-6,8H,2-4,7,13H2,1H3. The molecule has 3 heteroatoms. The second-order valence-corrected chi connectivity index (χ2v) is 4.79. The van der Waals surface area contributed by atoms with Crippen molar-refractivity contribution < 1.29 is 0 Å². The van der Waals surface area contributed by atoms with E-state index in [0.717, 1.165) is 21.4 Å². The minimum atomic E-state index is 0.730. The fourth-order valence-corrected chi connectivity index (χ4v) is 2.45. The Morgan fingerprint density at radius 3 is 2.79 bits per heavy atom. The van der Waals surface area contributed by atoms with E-state index in [1.54, 1.807) is 0 Å². The van der Waals surface area contributed by atoms with Crippen LogP contribution in [0.5, 0.6) is 0 Å². The molecule has 0 aliphatic heterocycles. The van der Waals surface area contributed by atoms with Crippen LogP contribution < -0.4 is 5.73 Å². The molecule has 0 aromatic heterocycles. The van der Waals surface area contributed by atoms with E-state index in [9.17, 15) is 0 Å². The fourth-order valence-electron chi connectivity index (χ4n) is 1.17. The van der Waals surface area contributed by atoms with Crippen molar-refractivity contribution in [3.63, 3.8) is 0 Å². The summed E-state index contributed by atoms with van der Waals surface area (Å²) >= 11 is 7.85. The largest absolute Gasteiger partial charge is 0.399 e. The molecule has 0 saturated carbocycles. The van der Waals surface area contributed by atoms with Crippen LogP contribution in [0.3, 0.4) is 0 Å². The maximum Gasteiger partial charge on any atom is 0.0562 e. The number of unbranched alkanes of at least 4 members (excludes halogenated alkanes) is 2. The van der Waals surface area contributed by atoms with E-state index in [1.165, 1.54) is 19.3 Å². The summed E-state index contributed by atoms with van der Waals surface area (Å²) in [6, 6.07) is 5.70. The van der Waals surface area contributed by atoms with E-state index in [2.05, 4.69) is 6.92 Å². The first kappa shape index (κ1) is 11.7. The highest BCUT2D eigenvalue weighted by atomic mass is 35.5. The predicted octanol–water partition coefficient (Wildman–Crippen LogP) is 4.20. The van der Waals surface area contributed by atoms with Crippen molar-refractivity contribution in [3.05, 3.63) is 23.2 Å². The highest BCUT2D eigenvalue weighted by Gasteiger charge is 2.00. The lowest BCUT2D eigenvalue weighted by atomic mass is 10.3. The van der Waals surface area contributed by atoms with E-state index < -0.39 is 0 Å². The number of rotatable bonds is 5. The molecule has 0 aliphatic rings. The van der Waals surface area contributed by atoms with Gasteiger partial charge in [0.25, 0.3) is 0 Å². The van der Waals surface area contributed by atoms with Crippen molar-refractivity contribution in [2.24, 2.45) is 0 Å². The van der Waals surface area contributed by atoms with Gasteiger partial charge < -0.3 is 5.73 Å². The summed E-state index contributed by atoms with van der Waals surface area (Å²) < 4.78 is 0. The van der Waals surface area contributed by atoms with Crippen LogP contribution in [-0.4, -0.2) is 5.75 Å². The third kappa shape index (κ3) is 3.81. The van der Waals surface area contributed by atoms with Crippen LogP contribution in [0.1, 0.15) is 26.2 Å². The number of nitrogen functional groups attached to an aromatic ring is 1. The molecule has 0 radical (unpaired) electrons. The Balaban J connectivity index is 2.42. The van der Waals surface area contributed by atoms with E-state index >= 15 is 0 Å². The minimum absolute atomic E-state index is 0.730. The smallest absolute Gasteiger partial charge is 0.0562 e. The normalized spacial score (nSPS) is 10.4. The minimum Gasteiger partial charge on any atom is -0.399 e. The van der Waals surface area contributed by atoms with Gasteiger partial charge in [0, 0.05) is 10.6 Å². The molecule has 1 nitrogen and oxygen atoms in total. The quantitative estimate of drug-likeness (QED) is 0.465. The van der Waals surface area contributed by atoms with Crippen molar-refractivity contribution >= 4 is 29.1 Å². The summed E-state index contributed by atoms with van der Waals surface area (Å²) in [6.45, 7) is 2.21. The number of halogens is 1. The Morgan fingerprint density at radius 1 is 1.36 bits per heavy atom. The number of thioether (sulfide) groups is 1. The van der Waals surface area contributed by atoms with Gasteiger partial charge in [-0.2, -0.15) is 0 Å². The topological polar surface area (TPSA) is 26.0 Å². The summed E-state index contributed by atoms with van der Waals surface area (Å²) in [5, 5.41) is 0.770. The molecule has 14 heavy (non-hydrogen) atoms. The van der Waals surface area contributed by atoms with Crippen molar-refractivity contribution in [1.82, 2.24) is 0 Å². The van der Waals surface area contributed by atoms with E-state index in [1.807, 2.05) is 30.0 Å². The molecule has 0 saturated heterocycles. The van der Waals surface area contributed by atoms with Crippen LogP contribution in [0.2, 0.25) is 5.02 Å². The Labute approximate surface area is 95.0 Å². The van der Waals surface area contributed by atoms with Gasteiger partial charge in [0.1, 0.15) is 0 Å². The van der Waals surface area contributed by atoms with Crippen molar-refractivity contribution in [2.45, 2.75) is 31.1 Å². The molecule has 1 aromatic carbocycles. The highest BCUT2D eigenvalue weighted by Crippen LogP contribution is 2.29. The van der Waals surface area contributed by atoms with Gasteiger partial charge in [-0.05, 0) is 30.4 Å². The van der Waals surface area contributed by atoms with Gasteiger partial charge in [-0.25, -0.2) is 0 Å². The molecule has 0 fully saturated rings. The average molecular weight is 230 g/mol. The van der Waals surface area contributed by atoms with Gasteiger partial charge in [0.15, 0.2) is 0 Å². The maximum absolute atomic E-state index is 6.04. The third-order valence-corrected chi connectivity index (χ3v) is 3.55. The molecule has 0 amide bonds. The summed E-state index contributed by atoms with van der Waals surface area (Å²) in [5.74, 6) is 1.14. The van der Waals surface area contributed by atoms with Crippen molar-refractivity contribution in [2.75, 3.05) is 11.5 Å². The number of nitrogens with two attached hydrogens (primary N) is 1. The summed E-state index contributed by atoms with van der Waals surface area (Å²) in [4.78, 5) is 1.14. The Bertz CT molecular complexity index is 289. The first-order valence-electron chi connectivity index (χ1n) is 4.92. The summed E-state index contributed by atoms with van der Waals surface area (Å²) in [6.07, 6.45) is 3.80. The summed E-state index contributed by atoms with van der Waals surface area (Å²) in [7, 11) is 0. The zero-order valence-electron chi connectivity index (χ0n) is 8.42. The Morgan fingerprint density at radius 2 is 2.14 bits per heavy atom. The Kier molecular flexibility index (Phi) is 5.20. The molecule has 0 atom stereocenters. The third-order valence-electron chi connectivity index (χ3n) is 1.96. The monoisotopic (exact) mass is 229 g/mol. The van der Waals surface area contributed by atoms with Gasteiger partial charge in [0.2, 0.25) is 0 Å². The number of anilines is 1. The molecule has 2 N–H and O–H groups in total. The van der Waals surface area contributed by atoms with Gasteiger partial charge in [-0.15, -0.1) is 11.8 Å². The highest BCUT2D eigenvalue weighted by molar-refractivity contribution is 7.99. The number of hydrogen-bond acceptors (Lipinski definition) is 2. The van der Waals surface area contributed by atoms with Crippen LogP contribution in [0, 0.1) is 0 Å². The van der Waals surface area contributed by atoms with Crippen LogP contribution in [0.4, 0.5) is 5.69 Å². The average Bonchev–Trinajstić information content (AvgIpc) is 2.15. The number of hydrogen-bond donors (Lipinski definition) is 1. The molecule has 0 unspecified atom stereocenters. The zero-order chi connectivity index (χ0) is 10.4. The molecule has 0 aliphatic carbocycles. The second-order valence-electron chi connectivity index (χ2n) is 3.25. The van der Waals surface area contributed by atoms with Gasteiger partial charge in [-0.1, -0.05) is 31.4 Å². The Hall–Kier alpha value is -0.340. The fraction of sp³-hybridized carbons (Fsp3) is 0.455. The predicted molar refractivity (Wildman–Crippen MR) is 66.1 cm³/mol. The zero-order valence-corrected chi connectivity index (χ0v) is 10.00. The number of benzene rings is 1. The van der Waals surface area contributed by atoms with E-state index in [4.69, 9.17) is 17.3 Å². The molecular formula is C11H16ClNS. The molecule has 1 aromatic rings. The first-order chi connectivity index (χ1) is 6.74. The molecule has 78 valence electrons. The van der Waals surface area contributed by atoms with E-state index in [0.29, 0.717) is 0 Å². The van der Waals surface area contributed by atoms with Gasteiger partial charge >= 0.3 is 0 Å². The lowest BCUT2D eigenvalue weighted by Crippen LogP contribution is -1.86. The molecule has 0 spiro atoms. The molecule has 1 rings (SSSR count).